The van der Waals surface area contributed by atoms with Gasteiger partial charge < -0.3 is 14.8 Å². The Balaban J connectivity index is 1.62. The quantitative estimate of drug-likeness (QED) is 0.143. The van der Waals surface area contributed by atoms with Gasteiger partial charge in [-0.25, -0.2) is 13.2 Å². The van der Waals surface area contributed by atoms with Crippen molar-refractivity contribution in [3.05, 3.63) is 117 Å². The Morgan fingerprint density at radius 3 is 2.33 bits per heavy atom. The first-order valence-electron chi connectivity index (χ1n) is 13.3. The third-order valence-electron chi connectivity index (χ3n) is 6.61. The number of amides is 1. The summed E-state index contributed by atoms with van der Waals surface area (Å²) in [5.41, 5.74) is 0.641. The van der Waals surface area contributed by atoms with Crippen molar-refractivity contribution in [3.8, 4) is 0 Å². The molecule has 1 aromatic heterocycles. The van der Waals surface area contributed by atoms with Crippen LogP contribution < -0.4 is 10.9 Å². The molecule has 0 saturated carbocycles. The Hall–Kier alpha value is -4.39. The van der Waals surface area contributed by atoms with E-state index >= 15 is 0 Å². The summed E-state index contributed by atoms with van der Waals surface area (Å²) < 4.78 is 33.4. The minimum absolute atomic E-state index is 0.0677. The number of benzene rings is 3. The molecule has 42 heavy (non-hydrogen) atoms. The summed E-state index contributed by atoms with van der Waals surface area (Å²) in [6, 6.07) is 20.2. The van der Waals surface area contributed by atoms with Gasteiger partial charge in [0.25, 0.3) is 11.6 Å². The van der Waals surface area contributed by atoms with Gasteiger partial charge in [0, 0.05) is 42.2 Å². The number of nitrogens with zero attached hydrogens (tertiary/aromatic N) is 2. The molecule has 12 heteroatoms. The van der Waals surface area contributed by atoms with Crippen molar-refractivity contribution in [3.63, 3.8) is 0 Å². The summed E-state index contributed by atoms with van der Waals surface area (Å²) >= 11 is 0. The third kappa shape index (κ3) is 7.46. The summed E-state index contributed by atoms with van der Waals surface area (Å²) in [5.74, 6) is -0.610. The van der Waals surface area contributed by atoms with Gasteiger partial charge in [-0.15, -0.1) is 0 Å². The van der Waals surface area contributed by atoms with Gasteiger partial charge in [0.15, 0.2) is 0 Å². The first kappa shape index (κ1) is 30.6. The average Bonchev–Trinajstić information content (AvgIpc) is 2.96. The number of fused-ring (bicyclic) bond motifs is 1. The number of nitrogens with one attached hydrogen (secondary N) is 1. The molecule has 0 radical (unpaired) electrons. The second-order valence-electron chi connectivity index (χ2n) is 10.3. The highest BCUT2D eigenvalue weighted by atomic mass is 32.2. The lowest BCUT2D eigenvalue weighted by atomic mass is 10.00. The molecule has 220 valence electrons. The normalized spacial score (nSPS) is 13.3. The Labute approximate surface area is 242 Å². The van der Waals surface area contributed by atoms with E-state index in [4.69, 9.17) is 4.42 Å². The molecule has 0 aliphatic heterocycles. The zero-order chi connectivity index (χ0) is 30.4. The van der Waals surface area contributed by atoms with Crippen LogP contribution in [-0.2, 0) is 16.4 Å². The minimum atomic E-state index is -4.15. The number of aliphatic hydroxyl groups is 1. The summed E-state index contributed by atoms with van der Waals surface area (Å²) in [6.07, 6.45) is -1.11. The van der Waals surface area contributed by atoms with E-state index in [0.717, 1.165) is 34.1 Å². The van der Waals surface area contributed by atoms with Crippen molar-refractivity contribution in [2.45, 2.75) is 37.3 Å². The van der Waals surface area contributed by atoms with Gasteiger partial charge >= 0.3 is 5.63 Å². The predicted molar refractivity (Wildman–Crippen MR) is 157 cm³/mol. The van der Waals surface area contributed by atoms with Gasteiger partial charge in [-0.1, -0.05) is 44.2 Å². The number of non-ortho nitro benzene ring substituents is 1. The van der Waals surface area contributed by atoms with Gasteiger partial charge in [0.2, 0.25) is 10.0 Å². The van der Waals surface area contributed by atoms with E-state index in [0.29, 0.717) is 11.0 Å². The van der Waals surface area contributed by atoms with Crippen LogP contribution in [-0.4, -0.2) is 53.9 Å². The number of rotatable bonds is 12. The standard InChI is InChI=1S/C30H31N3O8S/c1-20(2)18-32(42(39,40)25-12-10-24(11-13-25)33(37)38)19-27(34)26(16-21-6-4-3-5-7-21)31-30(36)23-8-14-28-22(17-23)9-15-29(35)41-28/h3-15,17,20,26-27,34H,16,18-19H2,1-2H3,(H,31,36)/t26-,27+/m0/s1. The fraction of sp³-hybridized carbons (Fsp3) is 0.267. The number of carbonyl (C=O) groups excluding carboxylic acids is 1. The van der Waals surface area contributed by atoms with Crippen molar-refractivity contribution in [1.82, 2.24) is 9.62 Å². The summed E-state index contributed by atoms with van der Waals surface area (Å²) in [7, 11) is -4.15. The number of hydrogen-bond donors (Lipinski definition) is 2. The van der Waals surface area contributed by atoms with Crippen LogP contribution in [0.5, 0.6) is 0 Å². The predicted octanol–water partition coefficient (Wildman–Crippen LogP) is 3.75. The van der Waals surface area contributed by atoms with Gasteiger partial charge in [-0.3, -0.25) is 14.9 Å². The molecule has 2 N–H and O–H groups in total. The number of carbonyl (C=O) groups is 1. The lowest BCUT2D eigenvalue weighted by Gasteiger charge is -2.30. The smallest absolute Gasteiger partial charge is 0.336 e. The van der Waals surface area contributed by atoms with Crippen molar-refractivity contribution >= 4 is 32.6 Å². The number of hydrogen-bond acceptors (Lipinski definition) is 8. The molecule has 11 nitrogen and oxygen atoms in total. The maximum absolute atomic E-state index is 13.6. The molecule has 2 atom stereocenters. The van der Waals surface area contributed by atoms with Gasteiger partial charge in [-0.05, 0) is 54.3 Å². The van der Waals surface area contributed by atoms with Gasteiger partial charge in [0.1, 0.15) is 5.58 Å². The molecule has 0 spiro atoms. The molecule has 0 unspecified atom stereocenters. The fourth-order valence-electron chi connectivity index (χ4n) is 4.52. The van der Waals surface area contributed by atoms with Crippen LogP contribution in [0.25, 0.3) is 11.0 Å². The van der Waals surface area contributed by atoms with Gasteiger partial charge in [-0.2, -0.15) is 4.31 Å². The van der Waals surface area contributed by atoms with Crippen LogP contribution in [0.1, 0.15) is 29.8 Å². The molecule has 0 aliphatic rings. The molecular formula is C30H31N3O8S. The maximum Gasteiger partial charge on any atom is 0.336 e. The van der Waals surface area contributed by atoms with Crippen LogP contribution in [0.4, 0.5) is 5.69 Å². The van der Waals surface area contributed by atoms with E-state index in [2.05, 4.69) is 5.32 Å². The summed E-state index contributed by atoms with van der Waals surface area (Å²) in [4.78, 5) is 35.1. The van der Waals surface area contributed by atoms with E-state index in [-0.39, 0.29) is 41.6 Å². The highest BCUT2D eigenvalue weighted by Gasteiger charge is 2.32. The largest absolute Gasteiger partial charge is 0.423 e. The van der Waals surface area contributed by atoms with Crippen LogP contribution in [0, 0.1) is 16.0 Å². The van der Waals surface area contributed by atoms with E-state index in [1.807, 2.05) is 44.2 Å². The van der Waals surface area contributed by atoms with E-state index < -0.39 is 38.6 Å². The molecule has 4 aromatic rings. The van der Waals surface area contributed by atoms with Crippen LogP contribution in [0.2, 0.25) is 0 Å². The molecule has 4 rings (SSSR count). The molecule has 0 bridgehead atoms. The number of nitro groups is 1. The van der Waals surface area contributed by atoms with Crippen LogP contribution in [0.15, 0.2) is 99.0 Å². The first-order valence-corrected chi connectivity index (χ1v) is 14.7. The SMILES string of the molecule is CC(C)CN(C[C@@H](O)[C@H](Cc1ccccc1)NC(=O)c1ccc2oc(=O)ccc2c1)S(=O)(=O)c1ccc([N+](=O)[O-])cc1. The molecule has 0 aliphatic carbocycles. The molecule has 3 aromatic carbocycles. The molecule has 0 fully saturated rings. The zero-order valence-corrected chi connectivity index (χ0v) is 23.9. The zero-order valence-electron chi connectivity index (χ0n) is 23.0. The Morgan fingerprint density at radius 2 is 1.69 bits per heavy atom. The molecular weight excluding hydrogens is 562 g/mol. The van der Waals surface area contributed by atoms with Crippen LogP contribution in [0.3, 0.4) is 0 Å². The molecule has 0 saturated heterocycles. The fourth-order valence-corrected chi connectivity index (χ4v) is 6.14. The molecule has 1 amide bonds. The summed E-state index contributed by atoms with van der Waals surface area (Å²) in [6.45, 7) is 3.39. The number of sulfonamides is 1. The van der Waals surface area contributed by atoms with Crippen molar-refractivity contribution in [1.29, 1.82) is 0 Å². The molecule has 1 heterocycles. The average molecular weight is 594 g/mol. The first-order chi connectivity index (χ1) is 19.9. The van der Waals surface area contributed by atoms with Crippen molar-refractivity contribution in [2.75, 3.05) is 13.1 Å². The maximum atomic E-state index is 13.6. The second kappa shape index (κ2) is 13.1. The van der Waals surface area contributed by atoms with E-state index in [1.165, 1.54) is 18.2 Å². The van der Waals surface area contributed by atoms with Crippen molar-refractivity contribution in [2.24, 2.45) is 5.92 Å². The topological polar surface area (TPSA) is 160 Å². The van der Waals surface area contributed by atoms with E-state index in [1.54, 1.807) is 12.1 Å². The highest BCUT2D eigenvalue weighted by Crippen LogP contribution is 2.22. The second-order valence-corrected chi connectivity index (χ2v) is 12.2. The Morgan fingerprint density at radius 1 is 1.00 bits per heavy atom. The van der Waals surface area contributed by atoms with Crippen LogP contribution >= 0.6 is 0 Å². The minimum Gasteiger partial charge on any atom is -0.423 e. The lowest BCUT2D eigenvalue weighted by Crippen LogP contribution is -2.51. The number of aliphatic hydroxyl groups excluding tert-OH is 1. The summed E-state index contributed by atoms with van der Waals surface area (Å²) in [5, 5.41) is 25.9. The Kier molecular flexibility index (Phi) is 9.51. The van der Waals surface area contributed by atoms with Crippen molar-refractivity contribution < 1.29 is 27.7 Å². The van der Waals surface area contributed by atoms with Gasteiger partial charge in [0.05, 0.1) is 22.0 Å². The number of nitro benzene ring substituents is 1. The van der Waals surface area contributed by atoms with E-state index in [9.17, 15) is 33.2 Å². The monoisotopic (exact) mass is 593 g/mol. The Bertz CT molecular complexity index is 1720. The third-order valence-corrected chi connectivity index (χ3v) is 8.45. The lowest BCUT2D eigenvalue weighted by molar-refractivity contribution is -0.384. The highest BCUT2D eigenvalue weighted by molar-refractivity contribution is 7.89.